The molecule has 4 heteroatoms. The van der Waals surface area contributed by atoms with Gasteiger partial charge in [-0.15, -0.1) is 0 Å². The van der Waals surface area contributed by atoms with Crippen LogP contribution in [-0.4, -0.2) is 0 Å². The molecule has 0 aliphatic carbocycles. The Bertz CT molecular complexity index is 3270. The summed E-state index contributed by atoms with van der Waals surface area (Å²) in [5.41, 5.74) is 13.1. The minimum Gasteiger partial charge on any atom is -0.453 e. The van der Waals surface area contributed by atoms with E-state index >= 15 is 0 Å². The summed E-state index contributed by atoms with van der Waals surface area (Å²) in [4.78, 5) is 4.61. The lowest BCUT2D eigenvalue weighted by Crippen LogP contribution is -2.20. The molecule has 0 spiro atoms. The molecule has 0 amide bonds. The molecule has 0 atom stereocenters. The van der Waals surface area contributed by atoms with Crippen molar-refractivity contribution in [2.24, 2.45) is 0 Å². The number of ether oxygens (including phenoxy) is 2. The first-order chi connectivity index (χ1) is 29.7. The summed E-state index contributed by atoms with van der Waals surface area (Å²) in [5.74, 6) is 3.20. The Hall–Kier alpha value is -8.08. The Morgan fingerprint density at radius 1 is 0.300 bits per heavy atom. The minimum atomic E-state index is 0.777. The van der Waals surface area contributed by atoms with Gasteiger partial charge in [-0.25, -0.2) is 0 Å². The van der Waals surface area contributed by atoms with Crippen LogP contribution < -0.4 is 19.3 Å². The quantitative estimate of drug-likeness (QED) is 0.157. The monoisotopic (exact) mass is 768 g/mol. The highest BCUT2D eigenvalue weighted by atomic mass is 16.5. The smallest absolute Gasteiger partial charge is 0.155 e. The zero-order valence-electron chi connectivity index (χ0n) is 32.5. The summed E-state index contributed by atoms with van der Waals surface area (Å²) in [5, 5.41) is 4.98. The fourth-order valence-electron chi connectivity index (χ4n) is 8.88. The average molecular weight is 769 g/mol. The van der Waals surface area contributed by atoms with Gasteiger partial charge < -0.3 is 14.4 Å². The van der Waals surface area contributed by atoms with Crippen molar-refractivity contribution < 1.29 is 9.47 Å². The van der Waals surface area contributed by atoms with E-state index in [-0.39, 0.29) is 0 Å². The maximum Gasteiger partial charge on any atom is 0.155 e. The lowest BCUT2D eigenvalue weighted by atomic mass is 9.97. The Morgan fingerprint density at radius 2 is 0.817 bits per heavy atom. The molecule has 10 aromatic carbocycles. The van der Waals surface area contributed by atoms with E-state index in [1.807, 2.05) is 36.4 Å². The molecule has 60 heavy (non-hydrogen) atoms. The first-order valence-corrected chi connectivity index (χ1v) is 20.3. The summed E-state index contributed by atoms with van der Waals surface area (Å²) in [6, 6.07) is 77.6. The molecule has 0 unspecified atom stereocenters. The van der Waals surface area contributed by atoms with Gasteiger partial charge in [0.25, 0.3) is 0 Å². The van der Waals surface area contributed by atoms with Crippen LogP contribution in [0.15, 0.2) is 218 Å². The van der Waals surface area contributed by atoms with E-state index in [0.29, 0.717) is 0 Å². The Labute approximate surface area is 348 Å². The number of anilines is 6. The molecule has 0 radical (unpaired) electrons. The van der Waals surface area contributed by atoms with Crippen LogP contribution in [0, 0.1) is 0 Å². The number of nitrogens with zero attached hydrogens (tertiary/aromatic N) is 2. The van der Waals surface area contributed by atoms with Gasteiger partial charge in [-0.1, -0.05) is 140 Å². The normalized spacial score (nSPS) is 12.2. The Kier molecular flexibility index (Phi) is 7.82. The molecule has 282 valence electrons. The second kappa shape index (κ2) is 13.8. The molecule has 12 rings (SSSR count). The maximum absolute atomic E-state index is 6.57. The van der Waals surface area contributed by atoms with Crippen LogP contribution in [0.3, 0.4) is 0 Å². The minimum absolute atomic E-state index is 0.777. The third-order valence-electron chi connectivity index (χ3n) is 11.8. The molecule has 0 fully saturated rings. The predicted octanol–water partition coefficient (Wildman–Crippen LogP) is 16.1. The zero-order valence-corrected chi connectivity index (χ0v) is 32.5. The highest BCUT2D eigenvalue weighted by Gasteiger charge is 2.34. The summed E-state index contributed by atoms with van der Waals surface area (Å²) in [7, 11) is 0. The van der Waals surface area contributed by atoms with Gasteiger partial charge in [-0.3, -0.25) is 4.90 Å². The van der Waals surface area contributed by atoms with Crippen LogP contribution >= 0.6 is 0 Å². The van der Waals surface area contributed by atoms with Crippen molar-refractivity contribution in [2.45, 2.75) is 0 Å². The standard InChI is InChI=1S/C56H36N2O2/c1-2-10-37(11-3-1)38-22-27-45(28-23-38)57(47-31-32-49-44(35-47)21-20-40-12-4-5-15-48(40)49)46-29-24-39(25-30-46)41-13-8-14-42(34-41)43-26-33-51-55(36-43)60-54-19-9-18-53-56(54)58(51)50-16-6-7-17-52(50)59-53/h1-36H. The van der Waals surface area contributed by atoms with Gasteiger partial charge in [0, 0.05) is 17.1 Å². The van der Waals surface area contributed by atoms with Crippen molar-refractivity contribution in [3.05, 3.63) is 218 Å². The van der Waals surface area contributed by atoms with Crippen LogP contribution in [0.25, 0.3) is 54.9 Å². The number of rotatable bonds is 6. The molecule has 2 aliphatic rings. The van der Waals surface area contributed by atoms with E-state index < -0.39 is 0 Å². The average Bonchev–Trinajstić information content (AvgIpc) is 3.32. The van der Waals surface area contributed by atoms with E-state index in [9.17, 15) is 0 Å². The zero-order chi connectivity index (χ0) is 39.6. The highest BCUT2D eigenvalue weighted by molar-refractivity contribution is 6.08. The first-order valence-electron chi connectivity index (χ1n) is 20.3. The molecule has 2 aliphatic heterocycles. The number of fused-ring (bicyclic) bond motifs is 7. The van der Waals surface area contributed by atoms with Gasteiger partial charge in [0.1, 0.15) is 5.69 Å². The van der Waals surface area contributed by atoms with Gasteiger partial charge in [0.2, 0.25) is 0 Å². The molecular weight excluding hydrogens is 733 g/mol. The van der Waals surface area contributed by atoms with Gasteiger partial charge in [0.15, 0.2) is 23.0 Å². The molecule has 0 N–H and O–H groups in total. The number of hydrogen-bond donors (Lipinski definition) is 0. The van der Waals surface area contributed by atoms with Crippen molar-refractivity contribution in [2.75, 3.05) is 9.80 Å². The summed E-state index contributed by atoms with van der Waals surface area (Å²) in [6.45, 7) is 0. The largest absolute Gasteiger partial charge is 0.453 e. The molecule has 2 heterocycles. The highest BCUT2D eigenvalue weighted by Crippen LogP contribution is 2.59. The van der Waals surface area contributed by atoms with Crippen molar-refractivity contribution in [1.82, 2.24) is 0 Å². The SMILES string of the molecule is c1ccc(-c2ccc(N(c3ccc(-c4cccc(-c5ccc6c(c5)Oc5cccc7c5N6c5ccccc5O7)c4)cc3)c3ccc4c(ccc5ccccc54)c3)cc2)cc1. The van der Waals surface area contributed by atoms with E-state index in [1.165, 1.54) is 32.7 Å². The van der Waals surface area contributed by atoms with Crippen molar-refractivity contribution >= 4 is 55.7 Å². The van der Waals surface area contributed by atoms with Crippen molar-refractivity contribution in [3.8, 4) is 56.4 Å². The summed E-state index contributed by atoms with van der Waals surface area (Å²) < 4.78 is 12.8. The van der Waals surface area contributed by atoms with Crippen LogP contribution in [0.4, 0.5) is 34.1 Å². The van der Waals surface area contributed by atoms with Gasteiger partial charge in [0.05, 0.1) is 11.4 Å². The van der Waals surface area contributed by atoms with Crippen molar-refractivity contribution in [1.29, 1.82) is 0 Å². The third kappa shape index (κ3) is 5.69. The van der Waals surface area contributed by atoms with Gasteiger partial charge in [-0.2, -0.15) is 0 Å². The van der Waals surface area contributed by atoms with E-state index in [1.54, 1.807) is 0 Å². The second-order valence-electron chi connectivity index (χ2n) is 15.4. The van der Waals surface area contributed by atoms with Crippen molar-refractivity contribution in [3.63, 3.8) is 0 Å². The molecule has 0 bridgehead atoms. The van der Waals surface area contributed by atoms with Crippen LogP contribution in [0.2, 0.25) is 0 Å². The second-order valence-corrected chi connectivity index (χ2v) is 15.4. The molecule has 0 saturated heterocycles. The molecular formula is C56H36N2O2. The van der Waals surface area contributed by atoms with Crippen LogP contribution in [-0.2, 0) is 0 Å². The summed E-state index contributed by atoms with van der Waals surface area (Å²) >= 11 is 0. The third-order valence-corrected chi connectivity index (χ3v) is 11.8. The lowest BCUT2D eigenvalue weighted by molar-refractivity contribution is 0.446. The van der Waals surface area contributed by atoms with Crippen LogP contribution in [0.1, 0.15) is 0 Å². The number of para-hydroxylation sites is 3. The maximum atomic E-state index is 6.57. The predicted molar refractivity (Wildman–Crippen MR) is 247 cm³/mol. The fraction of sp³-hybridized carbons (Fsp3) is 0. The van der Waals surface area contributed by atoms with Crippen LogP contribution in [0.5, 0.6) is 23.0 Å². The van der Waals surface area contributed by atoms with E-state index in [2.05, 4.69) is 192 Å². The van der Waals surface area contributed by atoms with Gasteiger partial charge in [-0.05, 0) is 134 Å². The lowest BCUT2D eigenvalue weighted by Gasteiger charge is -2.37. The van der Waals surface area contributed by atoms with Gasteiger partial charge >= 0.3 is 0 Å². The number of benzene rings is 10. The molecule has 10 aromatic rings. The first kappa shape index (κ1) is 34.0. The molecule has 0 saturated carbocycles. The summed E-state index contributed by atoms with van der Waals surface area (Å²) in [6.07, 6.45) is 0. The van der Waals surface area contributed by atoms with E-state index in [0.717, 1.165) is 79.4 Å². The Balaban J connectivity index is 0.892. The fourth-order valence-corrected chi connectivity index (χ4v) is 8.88. The Morgan fingerprint density at radius 3 is 1.62 bits per heavy atom. The molecule has 0 aromatic heterocycles. The topological polar surface area (TPSA) is 24.9 Å². The number of hydrogen-bond acceptors (Lipinski definition) is 4. The van der Waals surface area contributed by atoms with E-state index in [4.69, 9.17) is 9.47 Å². The molecule has 4 nitrogen and oxygen atoms in total.